The average Bonchev–Trinajstić information content (AvgIpc) is 2.69. The zero-order valence-electron chi connectivity index (χ0n) is 6.12. The molecular formula is C8H14O2. The van der Waals surface area contributed by atoms with Crippen LogP contribution in [0.15, 0.2) is 0 Å². The van der Waals surface area contributed by atoms with E-state index in [-0.39, 0.29) is 0 Å². The van der Waals surface area contributed by atoms with E-state index < -0.39 is 0 Å². The van der Waals surface area contributed by atoms with Crippen molar-refractivity contribution in [2.45, 2.75) is 25.4 Å². The normalized spacial score (nSPS) is 40.5. The lowest BCUT2D eigenvalue weighted by atomic mass is 9.99. The smallest absolute Gasteiger partial charge is 0.0654 e. The van der Waals surface area contributed by atoms with Crippen molar-refractivity contribution in [3.63, 3.8) is 0 Å². The van der Waals surface area contributed by atoms with Gasteiger partial charge in [0.05, 0.1) is 6.10 Å². The molecule has 0 aromatic heterocycles. The van der Waals surface area contributed by atoms with Gasteiger partial charge in [-0.1, -0.05) is 0 Å². The van der Waals surface area contributed by atoms with Crippen LogP contribution in [0.2, 0.25) is 0 Å². The van der Waals surface area contributed by atoms with Gasteiger partial charge in [-0.3, -0.25) is 0 Å². The van der Waals surface area contributed by atoms with E-state index in [2.05, 4.69) is 0 Å². The van der Waals surface area contributed by atoms with Gasteiger partial charge in [-0.25, -0.2) is 0 Å². The molecule has 2 nitrogen and oxygen atoms in total. The summed E-state index contributed by atoms with van der Waals surface area (Å²) >= 11 is 0. The first-order valence-corrected chi connectivity index (χ1v) is 4.14. The number of aliphatic hydroxyl groups excluding tert-OH is 1. The number of hydrogen-bond acceptors (Lipinski definition) is 2. The molecule has 0 aromatic rings. The first-order valence-electron chi connectivity index (χ1n) is 4.14. The minimum atomic E-state index is 0.321. The first kappa shape index (κ1) is 6.62. The highest BCUT2D eigenvalue weighted by atomic mass is 16.5. The summed E-state index contributed by atoms with van der Waals surface area (Å²) < 4.78 is 5.52. The fourth-order valence-electron chi connectivity index (χ4n) is 1.80. The van der Waals surface area contributed by atoms with Crippen molar-refractivity contribution in [2.24, 2.45) is 11.8 Å². The second kappa shape index (κ2) is 2.51. The molecule has 0 unspecified atom stereocenters. The van der Waals surface area contributed by atoms with Gasteiger partial charge in [0, 0.05) is 19.1 Å². The predicted octanol–water partition coefficient (Wildman–Crippen LogP) is 0.794. The van der Waals surface area contributed by atoms with E-state index in [0.29, 0.717) is 18.6 Å². The SMILES string of the molecule is OC[C@@H]1CCO[C@@H]1C1CC1. The number of hydrogen-bond donors (Lipinski definition) is 1. The van der Waals surface area contributed by atoms with Gasteiger partial charge >= 0.3 is 0 Å². The van der Waals surface area contributed by atoms with Crippen molar-refractivity contribution in [2.75, 3.05) is 13.2 Å². The fourth-order valence-corrected chi connectivity index (χ4v) is 1.80. The van der Waals surface area contributed by atoms with Crippen LogP contribution >= 0.6 is 0 Å². The van der Waals surface area contributed by atoms with Crippen molar-refractivity contribution < 1.29 is 9.84 Å². The summed E-state index contributed by atoms with van der Waals surface area (Å²) in [7, 11) is 0. The highest BCUT2D eigenvalue weighted by Gasteiger charge is 2.39. The van der Waals surface area contributed by atoms with E-state index >= 15 is 0 Å². The van der Waals surface area contributed by atoms with E-state index in [1.807, 2.05) is 0 Å². The predicted molar refractivity (Wildman–Crippen MR) is 37.7 cm³/mol. The zero-order chi connectivity index (χ0) is 6.97. The van der Waals surface area contributed by atoms with Gasteiger partial charge in [-0.05, 0) is 25.2 Å². The molecule has 0 bridgehead atoms. The summed E-state index contributed by atoms with van der Waals surface area (Å²) in [6, 6.07) is 0. The monoisotopic (exact) mass is 142 g/mol. The Balaban J connectivity index is 1.91. The van der Waals surface area contributed by atoms with Crippen LogP contribution < -0.4 is 0 Å². The summed E-state index contributed by atoms with van der Waals surface area (Å²) in [5.41, 5.74) is 0. The molecule has 1 aliphatic carbocycles. The molecule has 1 saturated heterocycles. The van der Waals surface area contributed by atoms with Crippen LogP contribution in [0.5, 0.6) is 0 Å². The van der Waals surface area contributed by atoms with Gasteiger partial charge in [0.1, 0.15) is 0 Å². The molecule has 0 radical (unpaired) electrons. The molecule has 2 aliphatic rings. The third kappa shape index (κ3) is 1.06. The maximum atomic E-state index is 8.93. The van der Waals surface area contributed by atoms with Crippen molar-refractivity contribution in [3.05, 3.63) is 0 Å². The molecule has 2 rings (SSSR count). The lowest BCUT2D eigenvalue weighted by Crippen LogP contribution is -2.21. The van der Waals surface area contributed by atoms with Crippen LogP contribution in [-0.2, 0) is 4.74 Å². The van der Waals surface area contributed by atoms with Crippen molar-refractivity contribution in [3.8, 4) is 0 Å². The molecule has 1 aliphatic heterocycles. The Morgan fingerprint density at radius 2 is 2.10 bits per heavy atom. The fraction of sp³-hybridized carbons (Fsp3) is 1.00. The first-order chi connectivity index (χ1) is 4.92. The lowest BCUT2D eigenvalue weighted by molar-refractivity contribution is 0.0560. The Hall–Kier alpha value is -0.0800. The van der Waals surface area contributed by atoms with Crippen molar-refractivity contribution >= 4 is 0 Å². The van der Waals surface area contributed by atoms with E-state index in [1.54, 1.807) is 0 Å². The average molecular weight is 142 g/mol. The minimum absolute atomic E-state index is 0.321. The Labute approximate surface area is 61.2 Å². The van der Waals surface area contributed by atoms with Crippen LogP contribution in [0.3, 0.4) is 0 Å². The molecule has 2 atom stereocenters. The van der Waals surface area contributed by atoms with Gasteiger partial charge < -0.3 is 9.84 Å². The Bertz CT molecular complexity index is 120. The van der Waals surface area contributed by atoms with E-state index in [9.17, 15) is 0 Å². The molecule has 10 heavy (non-hydrogen) atoms. The number of aliphatic hydroxyl groups is 1. The van der Waals surface area contributed by atoms with Gasteiger partial charge in [0.15, 0.2) is 0 Å². The maximum Gasteiger partial charge on any atom is 0.0654 e. The van der Waals surface area contributed by atoms with Gasteiger partial charge in [0.25, 0.3) is 0 Å². The summed E-state index contributed by atoms with van der Waals surface area (Å²) in [6.45, 7) is 1.19. The summed E-state index contributed by atoms with van der Waals surface area (Å²) in [5.74, 6) is 1.24. The van der Waals surface area contributed by atoms with Crippen LogP contribution in [0.1, 0.15) is 19.3 Å². The van der Waals surface area contributed by atoms with Gasteiger partial charge in [-0.15, -0.1) is 0 Å². The van der Waals surface area contributed by atoms with E-state index in [1.165, 1.54) is 12.8 Å². The Kier molecular flexibility index (Phi) is 1.66. The van der Waals surface area contributed by atoms with Gasteiger partial charge in [0.2, 0.25) is 0 Å². The third-order valence-corrected chi connectivity index (χ3v) is 2.58. The van der Waals surface area contributed by atoms with Crippen LogP contribution in [0.25, 0.3) is 0 Å². The summed E-state index contributed by atoms with van der Waals surface area (Å²) in [4.78, 5) is 0. The zero-order valence-corrected chi connectivity index (χ0v) is 6.12. The van der Waals surface area contributed by atoms with Gasteiger partial charge in [-0.2, -0.15) is 0 Å². The summed E-state index contributed by atoms with van der Waals surface area (Å²) in [6.07, 6.45) is 4.12. The highest BCUT2D eigenvalue weighted by molar-refractivity contribution is 4.89. The van der Waals surface area contributed by atoms with Crippen LogP contribution in [-0.4, -0.2) is 24.4 Å². The van der Waals surface area contributed by atoms with E-state index in [0.717, 1.165) is 18.9 Å². The quantitative estimate of drug-likeness (QED) is 0.617. The highest BCUT2D eigenvalue weighted by Crippen LogP contribution is 2.41. The minimum Gasteiger partial charge on any atom is -0.396 e. The molecule has 2 heteroatoms. The molecule has 1 N–H and O–H groups in total. The number of ether oxygens (including phenoxy) is 1. The molecule has 1 saturated carbocycles. The molecule has 0 amide bonds. The molecular weight excluding hydrogens is 128 g/mol. The molecule has 2 fully saturated rings. The lowest BCUT2D eigenvalue weighted by Gasteiger charge is -2.14. The standard InChI is InChI=1S/C8H14O2/c9-5-7-3-4-10-8(7)6-1-2-6/h6-9H,1-5H2/t7-,8+/m0/s1. The topological polar surface area (TPSA) is 29.5 Å². The second-order valence-electron chi connectivity index (χ2n) is 3.40. The molecule has 0 spiro atoms. The maximum absolute atomic E-state index is 8.93. The van der Waals surface area contributed by atoms with Crippen LogP contribution in [0, 0.1) is 11.8 Å². The third-order valence-electron chi connectivity index (χ3n) is 2.58. The Morgan fingerprint density at radius 1 is 1.30 bits per heavy atom. The molecule has 1 heterocycles. The van der Waals surface area contributed by atoms with Crippen molar-refractivity contribution in [1.82, 2.24) is 0 Å². The van der Waals surface area contributed by atoms with Crippen LogP contribution in [0.4, 0.5) is 0 Å². The van der Waals surface area contributed by atoms with E-state index in [4.69, 9.17) is 9.84 Å². The largest absolute Gasteiger partial charge is 0.396 e. The second-order valence-corrected chi connectivity index (χ2v) is 3.40. The summed E-state index contributed by atoms with van der Waals surface area (Å²) in [5, 5.41) is 8.93. The Morgan fingerprint density at radius 3 is 2.70 bits per heavy atom. The number of rotatable bonds is 2. The van der Waals surface area contributed by atoms with Crippen molar-refractivity contribution in [1.29, 1.82) is 0 Å². The molecule has 0 aromatic carbocycles. The molecule has 58 valence electrons.